The van der Waals surface area contributed by atoms with Gasteiger partial charge >= 0.3 is 6.61 Å². The lowest BCUT2D eigenvalue weighted by molar-refractivity contribution is -0.0498. The second-order valence-corrected chi connectivity index (χ2v) is 3.79. The molecule has 21 heavy (non-hydrogen) atoms. The number of amides is 1. The first-order chi connectivity index (χ1) is 10.1. The summed E-state index contributed by atoms with van der Waals surface area (Å²) in [6, 6.07) is 5.47. The molecule has 2 aromatic rings. The van der Waals surface area contributed by atoms with E-state index in [2.05, 4.69) is 25.4 Å². The molecule has 4 N–H and O–H groups in total. The van der Waals surface area contributed by atoms with Crippen LogP contribution in [0.3, 0.4) is 0 Å². The number of hydrazine groups is 1. The molecule has 0 aliphatic rings. The van der Waals surface area contributed by atoms with Crippen molar-refractivity contribution in [3.05, 3.63) is 42.4 Å². The lowest BCUT2D eigenvalue weighted by Gasteiger charge is -2.07. The third-order valence-corrected chi connectivity index (χ3v) is 2.35. The number of ether oxygens (including phenoxy) is 1. The molecule has 0 aliphatic carbocycles. The van der Waals surface area contributed by atoms with Gasteiger partial charge in [0.25, 0.3) is 5.91 Å². The van der Waals surface area contributed by atoms with E-state index in [1.807, 2.05) is 0 Å². The first-order valence-electron chi connectivity index (χ1n) is 5.73. The molecule has 0 unspecified atom stereocenters. The Bertz CT molecular complexity index is 621. The van der Waals surface area contributed by atoms with Gasteiger partial charge in [0, 0.05) is 5.69 Å². The molecule has 0 saturated carbocycles. The van der Waals surface area contributed by atoms with E-state index in [1.165, 1.54) is 36.7 Å². The number of nitrogen functional groups attached to an aromatic ring is 1. The highest BCUT2D eigenvalue weighted by atomic mass is 19.3. The SMILES string of the molecule is NNc1cncc(C(=O)Nc2ccc(OC(F)F)cc2)n1. The number of carbonyl (C=O) groups is 1. The lowest BCUT2D eigenvalue weighted by Crippen LogP contribution is -2.16. The summed E-state index contributed by atoms with van der Waals surface area (Å²) in [5.41, 5.74) is 2.72. The molecule has 9 heteroatoms. The average Bonchev–Trinajstić information content (AvgIpc) is 2.49. The van der Waals surface area contributed by atoms with E-state index < -0.39 is 12.5 Å². The monoisotopic (exact) mass is 295 g/mol. The van der Waals surface area contributed by atoms with Crippen molar-refractivity contribution in [3.63, 3.8) is 0 Å². The van der Waals surface area contributed by atoms with Gasteiger partial charge in [-0.1, -0.05) is 0 Å². The fraction of sp³-hybridized carbons (Fsp3) is 0.0833. The normalized spacial score (nSPS) is 10.3. The summed E-state index contributed by atoms with van der Waals surface area (Å²) in [4.78, 5) is 19.6. The minimum atomic E-state index is -2.90. The van der Waals surface area contributed by atoms with Crippen LogP contribution in [0.2, 0.25) is 0 Å². The van der Waals surface area contributed by atoms with Crippen molar-refractivity contribution in [2.75, 3.05) is 10.7 Å². The van der Waals surface area contributed by atoms with Crippen LogP contribution in [0.5, 0.6) is 5.75 Å². The van der Waals surface area contributed by atoms with Crippen LogP contribution < -0.4 is 21.3 Å². The van der Waals surface area contributed by atoms with Crippen LogP contribution in [0.4, 0.5) is 20.3 Å². The fourth-order valence-electron chi connectivity index (χ4n) is 1.46. The number of carbonyl (C=O) groups excluding carboxylic acids is 1. The summed E-state index contributed by atoms with van der Waals surface area (Å²) >= 11 is 0. The maximum Gasteiger partial charge on any atom is 0.387 e. The van der Waals surface area contributed by atoms with Gasteiger partial charge < -0.3 is 15.5 Å². The highest BCUT2D eigenvalue weighted by molar-refractivity contribution is 6.02. The molecule has 1 amide bonds. The zero-order chi connectivity index (χ0) is 15.2. The number of nitrogens with zero attached hydrogens (tertiary/aromatic N) is 2. The highest BCUT2D eigenvalue weighted by Crippen LogP contribution is 2.18. The third kappa shape index (κ3) is 4.08. The number of anilines is 2. The summed E-state index contributed by atoms with van der Waals surface area (Å²) < 4.78 is 28.2. The van der Waals surface area contributed by atoms with E-state index in [1.54, 1.807) is 0 Å². The molecule has 0 saturated heterocycles. The largest absolute Gasteiger partial charge is 0.435 e. The zero-order valence-corrected chi connectivity index (χ0v) is 10.6. The smallest absolute Gasteiger partial charge is 0.387 e. The van der Waals surface area contributed by atoms with Crippen LogP contribution in [0.25, 0.3) is 0 Å². The number of alkyl halides is 2. The van der Waals surface area contributed by atoms with Crippen molar-refractivity contribution in [2.45, 2.75) is 6.61 Å². The van der Waals surface area contributed by atoms with Crippen LogP contribution in [-0.2, 0) is 0 Å². The summed E-state index contributed by atoms with van der Waals surface area (Å²) in [6.07, 6.45) is 2.62. The van der Waals surface area contributed by atoms with E-state index in [-0.39, 0.29) is 17.3 Å². The quantitative estimate of drug-likeness (QED) is 0.572. The van der Waals surface area contributed by atoms with Crippen molar-refractivity contribution < 1.29 is 18.3 Å². The van der Waals surface area contributed by atoms with Gasteiger partial charge in [0.05, 0.1) is 12.4 Å². The molecule has 0 bridgehead atoms. The Hall–Kier alpha value is -2.81. The third-order valence-electron chi connectivity index (χ3n) is 2.35. The topological polar surface area (TPSA) is 102 Å². The van der Waals surface area contributed by atoms with Crippen LogP contribution in [0.15, 0.2) is 36.7 Å². The molecule has 0 atom stereocenters. The predicted octanol–water partition coefficient (Wildman–Crippen LogP) is 1.62. The molecule has 110 valence electrons. The Labute approximate surface area is 118 Å². The standard InChI is InChI=1S/C12H11F2N5O2/c13-12(14)21-8-3-1-7(2-4-8)17-11(20)9-5-16-6-10(18-9)19-15/h1-6,12H,15H2,(H,17,20)(H,18,19). The van der Waals surface area contributed by atoms with Crippen LogP contribution in [0.1, 0.15) is 10.5 Å². The van der Waals surface area contributed by atoms with Gasteiger partial charge in [0.2, 0.25) is 0 Å². The van der Waals surface area contributed by atoms with Crippen molar-refractivity contribution in [1.82, 2.24) is 9.97 Å². The molecular weight excluding hydrogens is 284 g/mol. The van der Waals surface area contributed by atoms with Crippen molar-refractivity contribution >= 4 is 17.4 Å². The lowest BCUT2D eigenvalue weighted by atomic mass is 10.3. The maximum atomic E-state index is 12.0. The molecule has 0 radical (unpaired) electrons. The first kappa shape index (κ1) is 14.6. The van der Waals surface area contributed by atoms with E-state index in [0.717, 1.165) is 0 Å². The molecule has 1 heterocycles. The molecule has 0 aliphatic heterocycles. The molecule has 2 rings (SSSR count). The van der Waals surface area contributed by atoms with Gasteiger partial charge in [-0.2, -0.15) is 8.78 Å². The second-order valence-electron chi connectivity index (χ2n) is 3.79. The van der Waals surface area contributed by atoms with Gasteiger partial charge in [-0.05, 0) is 24.3 Å². The minimum absolute atomic E-state index is 0.00267. The minimum Gasteiger partial charge on any atom is -0.435 e. The van der Waals surface area contributed by atoms with Crippen molar-refractivity contribution in [2.24, 2.45) is 5.84 Å². The molecule has 1 aromatic carbocycles. The fourth-order valence-corrected chi connectivity index (χ4v) is 1.46. The molecule has 7 nitrogen and oxygen atoms in total. The Kier molecular flexibility index (Phi) is 4.57. The van der Waals surface area contributed by atoms with Gasteiger partial charge in [0.15, 0.2) is 5.82 Å². The van der Waals surface area contributed by atoms with Crippen molar-refractivity contribution in [1.29, 1.82) is 0 Å². The van der Waals surface area contributed by atoms with E-state index in [9.17, 15) is 13.6 Å². The molecular formula is C12H11F2N5O2. The van der Waals surface area contributed by atoms with Crippen LogP contribution in [-0.4, -0.2) is 22.5 Å². The Morgan fingerprint density at radius 2 is 1.95 bits per heavy atom. The number of nitrogens with one attached hydrogen (secondary N) is 2. The molecule has 1 aromatic heterocycles. The highest BCUT2D eigenvalue weighted by Gasteiger charge is 2.10. The number of hydrogen-bond donors (Lipinski definition) is 3. The molecule has 0 spiro atoms. The van der Waals surface area contributed by atoms with Crippen molar-refractivity contribution in [3.8, 4) is 5.75 Å². The summed E-state index contributed by atoms with van der Waals surface area (Å²) in [6.45, 7) is -2.90. The number of rotatable bonds is 5. The van der Waals surface area contributed by atoms with Crippen LogP contribution in [0, 0.1) is 0 Å². The van der Waals surface area contributed by atoms with Gasteiger partial charge in [-0.25, -0.2) is 10.8 Å². The van der Waals surface area contributed by atoms with Crippen LogP contribution >= 0.6 is 0 Å². The number of halogens is 2. The summed E-state index contributed by atoms with van der Waals surface area (Å²) in [5.74, 6) is 4.89. The second kappa shape index (κ2) is 6.57. The maximum absolute atomic E-state index is 12.0. The van der Waals surface area contributed by atoms with E-state index in [0.29, 0.717) is 5.69 Å². The van der Waals surface area contributed by atoms with Gasteiger partial charge in [-0.3, -0.25) is 9.78 Å². The molecule has 0 fully saturated rings. The number of hydrogen-bond acceptors (Lipinski definition) is 6. The van der Waals surface area contributed by atoms with E-state index in [4.69, 9.17) is 5.84 Å². The summed E-state index contributed by atoms with van der Waals surface area (Å²) in [7, 11) is 0. The zero-order valence-electron chi connectivity index (χ0n) is 10.6. The first-order valence-corrected chi connectivity index (χ1v) is 5.73. The summed E-state index contributed by atoms with van der Waals surface area (Å²) in [5, 5.41) is 2.54. The number of nitrogens with two attached hydrogens (primary N) is 1. The van der Waals surface area contributed by atoms with E-state index >= 15 is 0 Å². The predicted molar refractivity (Wildman–Crippen MR) is 70.9 cm³/mol. The Morgan fingerprint density at radius 3 is 2.57 bits per heavy atom. The number of benzene rings is 1. The Balaban J connectivity index is 2.05. The number of aromatic nitrogens is 2. The van der Waals surface area contributed by atoms with Gasteiger partial charge in [0.1, 0.15) is 11.4 Å². The Morgan fingerprint density at radius 1 is 1.24 bits per heavy atom. The average molecular weight is 295 g/mol. The van der Waals surface area contributed by atoms with Gasteiger partial charge in [-0.15, -0.1) is 0 Å².